The summed E-state index contributed by atoms with van der Waals surface area (Å²) in [5.74, 6) is -1.01. The monoisotopic (exact) mass is 273 g/mol. The topological polar surface area (TPSA) is 72.9 Å². The first kappa shape index (κ1) is 17.7. The maximum absolute atomic E-state index is 12.0. The Kier molecular flexibility index (Phi) is 6.83. The zero-order chi connectivity index (χ0) is 15.2. The van der Waals surface area contributed by atoms with Crippen LogP contribution >= 0.6 is 0 Å². The number of carboxylic acid groups (broad SMARTS) is 1. The van der Waals surface area contributed by atoms with Gasteiger partial charge in [0, 0.05) is 24.7 Å². The number of aliphatic carboxylic acids is 1. The highest BCUT2D eigenvalue weighted by atomic mass is 16.4. The number of likely N-dealkylation sites (N-methyl/N-ethyl adjacent to an activating group) is 1. The number of rotatable bonds is 6. The van der Waals surface area contributed by atoms with Crippen LogP contribution in [0.2, 0.25) is 0 Å². The van der Waals surface area contributed by atoms with Crippen molar-refractivity contribution in [1.29, 1.82) is 0 Å². The molecule has 0 bridgehead atoms. The first-order valence-corrected chi connectivity index (χ1v) is 6.53. The molecule has 0 aliphatic rings. The van der Waals surface area contributed by atoms with Gasteiger partial charge in [0.25, 0.3) is 0 Å². The summed E-state index contributed by atoms with van der Waals surface area (Å²) in [6.07, 6.45) is 0. The van der Waals surface area contributed by atoms with E-state index in [1.54, 1.807) is 0 Å². The fraction of sp³-hybridized carbons (Fsp3) is 0.846. The summed E-state index contributed by atoms with van der Waals surface area (Å²) in [6, 6.07) is 0.0710. The Morgan fingerprint density at radius 1 is 1.26 bits per heavy atom. The lowest BCUT2D eigenvalue weighted by Gasteiger charge is -2.34. The zero-order valence-electron chi connectivity index (χ0n) is 12.9. The van der Waals surface area contributed by atoms with Gasteiger partial charge in [-0.25, -0.2) is 4.79 Å². The van der Waals surface area contributed by atoms with Gasteiger partial charge in [-0.3, -0.25) is 4.79 Å². The predicted octanol–water partition coefficient (Wildman–Crippen LogP) is 1.22. The molecule has 0 aromatic carbocycles. The average Bonchev–Trinajstić information content (AvgIpc) is 2.23. The minimum atomic E-state index is -1.01. The Labute approximate surface area is 115 Å². The molecule has 0 spiro atoms. The Balaban J connectivity index is 4.38. The number of nitrogens with zero attached hydrogens (tertiary/aromatic N) is 2. The highest BCUT2D eigenvalue weighted by Crippen LogP contribution is 2.12. The third kappa shape index (κ3) is 7.00. The van der Waals surface area contributed by atoms with E-state index in [9.17, 15) is 9.59 Å². The molecular formula is C13H27N3O3. The molecule has 0 unspecified atom stereocenters. The van der Waals surface area contributed by atoms with Crippen LogP contribution in [0.3, 0.4) is 0 Å². The molecule has 0 aromatic heterocycles. The fourth-order valence-corrected chi connectivity index (χ4v) is 1.44. The lowest BCUT2D eigenvalue weighted by molar-refractivity contribution is -0.138. The number of urea groups is 1. The van der Waals surface area contributed by atoms with Crippen molar-refractivity contribution >= 4 is 12.0 Å². The first-order chi connectivity index (χ1) is 8.55. The van der Waals surface area contributed by atoms with E-state index in [4.69, 9.17) is 5.11 Å². The van der Waals surface area contributed by atoms with E-state index in [2.05, 4.69) is 24.1 Å². The molecule has 19 heavy (non-hydrogen) atoms. The standard InChI is InChI=1S/C13H27N3O3/c1-10(2)15(6)8-7-14-12(19)16(9-11(17)18)13(3,4)5/h10H,7-9H2,1-6H3,(H,14,19)(H,17,18). The molecular weight excluding hydrogens is 246 g/mol. The highest BCUT2D eigenvalue weighted by Gasteiger charge is 2.28. The SMILES string of the molecule is CC(C)N(C)CCNC(=O)N(CC(=O)O)C(C)(C)C. The highest BCUT2D eigenvalue weighted by molar-refractivity contribution is 5.80. The first-order valence-electron chi connectivity index (χ1n) is 6.53. The van der Waals surface area contributed by atoms with Crippen LogP contribution in [-0.4, -0.2) is 65.2 Å². The smallest absolute Gasteiger partial charge is 0.323 e. The largest absolute Gasteiger partial charge is 0.480 e. The van der Waals surface area contributed by atoms with Gasteiger partial charge >= 0.3 is 12.0 Å². The number of nitrogens with one attached hydrogen (secondary N) is 1. The van der Waals surface area contributed by atoms with Gasteiger partial charge in [-0.1, -0.05) is 0 Å². The van der Waals surface area contributed by atoms with Gasteiger partial charge in [0.1, 0.15) is 6.54 Å². The summed E-state index contributed by atoms with van der Waals surface area (Å²) < 4.78 is 0. The van der Waals surface area contributed by atoms with E-state index in [1.807, 2.05) is 27.8 Å². The van der Waals surface area contributed by atoms with Gasteiger partial charge < -0.3 is 20.2 Å². The average molecular weight is 273 g/mol. The second kappa shape index (κ2) is 7.33. The Hall–Kier alpha value is -1.30. The third-order valence-electron chi connectivity index (χ3n) is 2.97. The van der Waals surface area contributed by atoms with E-state index < -0.39 is 11.5 Å². The molecule has 0 aromatic rings. The van der Waals surface area contributed by atoms with Gasteiger partial charge in [-0.05, 0) is 41.7 Å². The summed E-state index contributed by atoms with van der Waals surface area (Å²) in [5, 5.41) is 11.6. The number of hydrogen-bond donors (Lipinski definition) is 2. The van der Waals surface area contributed by atoms with E-state index in [-0.39, 0.29) is 12.6 Å². The summed E-state index contributed by atoms with van der Waals surface area (Å²) in [4.78, 5) is 26.2. The summed E-state index contributed by atoms with van der Waals surface area (Å²) >= 11 is 0. The van der Waals surface area contributed by atoms with Gasteiger partial charge in [-0.2, -0.15) is 0 Å². The van der Waals surface area contributed by atoms with Crippen molar-refractivity contribution in [3.63, 3.8) is 0 Å². The molecule has 0 aliphatic heterocycles. The molecule has 0 rings (SSSR count). The van der Waals surface area contributed by atoms with E-state index in [1.165, 1.54) is 4.90 Å². The number of amides is 2. The van der Waals surface area contributed by atoms with Crippen LogP contribution in [0, 0.1) is 0 Å². The molecule has 0 atom stereocenters. The van der Waals surface area contributed by atoms with E-state index >= 15 is 0 Å². The number of carbonyl (C=O) groups excluding carboxylic acids is 1. The van der Waals surface area contributed by atoms with Gasteiger partial charge in [0.05, 0.1) is 0 Å². The summed E-state index contributed by atoms with van der Waals surface area (Å²) in [6.45, 7) is 10.5. The molecule has 0 heterocycles. The molecule has 0 aliphatic carbocycles. The second-order valence-electron chi connectivity index (χ2n) is 5.96. The molecule has 2 amide bonds. The third-order valence-corrected chi connectivity index (χ3v) is 2.97. The maximum Gasteiger partial charge on any atom is 0.323 e. The fourth-order valence-electron chi connectivity index (χ4n) is 1.44. The summed E-state index contributed by atoms with van der Waals surface area (Å²) in [7, 11) is 1.98. The Morgan fingerprint density at radius 3 is 2.16 bits per heavy atom. The minimum absolute atomic E-state index is 0.296. The van der Waals surface area contributed by atoms with Crippen LogP contribution in [0.25, 0.3) is 0 Å². The van der Waals surface area contributed by atoms with Gasteiger partial charge in [0.15, 0.2) is 0 Å². The quantitative estimate of drug-likeness (QED) is 0.763. The lowest BCUT2D eigenvalue weighted by Crippen LogP contribution is -2.53. The Bertz CT molecular complexity index is 311. The molecule has 2 N–H and O–H groups in total. The number of carbonyl (C=O) groups is 2. The summed E-state index contributed by atoms with van der Waals surface area (Å²) in [5.41, 5.74) is -0.521. The van der Waals surface area contributed by atoms with Crippen LogP contribution in [0.1, 0.15) is 34.6 Å². The van der Waals surface area contributed by atoms with Crippen LogP contribution < -0.4 is 5.32 Å². The molecule has 112 valence electrons. The van der Waals surface area contributed by atoms with Crippen molar-refractivity contribution in [2.75, 3.05) is 26.7 Å². The van der Waals surface area contributed by atoms with Crippen LogP contribution in [0.4, 0.5) is 4.79 Å². The van der Waals surface area contributed by atoms with Crippen LogP contribution in [0.15, 0.2) is 0 Å². The Morgan fingerprint density at radius 2 is 1.79 bits per heavy atom. The normalized spacial score (nSPS) is 11.8. The minimum Gasteiger partial charge on any atom is -0.480 e. The zero-order valence-corrected chi connectivity index (χ0v) is 12.9. The second-order valence-corrected chi connectivity index (χ2v) is 5.96. The van der Waals surface area contributed by atoms with Crippen molar-refractivity contribution in [2.45, 2.75) is 46.2 Å². The number of carboxylic acids is 1. The maximum atomic E-state index is 12.0. The predicted molar refractivity (Wildman–Crippen MR) is 75.3 cm³/mol. The molecule has 6 nitrogen and oxygen atoms in total. The van der Waals surface area contributed by atoms with Crippen molar-refractivity contribution < 1.29 is 14.7 Å². The van der Waals surface area contributed by atoms with E-state index in [0.29, 0.717) is 12.6 Å². The molecule has 0 radical (unpaired) electrons. The molecule has 0 saturated heterocycles. The number of hydrogen-bond acceptors (Lipinski definition) is 3. The van der Waals surface area contributed by atoms with Crippen molar-refractivity contribution in [3.05, 3.63) is 0 Å². The van der Waals surface area contributed by atoms with E-state index in [0.717, 1.165) is 6.54 Å². The van der Waals surface area contributed by atoms with Gasteiger partial charge in [0.2, 0.25) is 0 Å². The van der Waals surface area contributed by atoms with Crippen LogP contribution in [0.5, 0.6) is 0 Å². The van der Waals surface area contributed by atoms with Crippen molar-refractivity contribution in [3.8, 4) is 0 Å². The van der Waals surface area contributed by atoms with Crippen molar-refractivity contribution in [2.24, 2.45) is 0 Å². The van der Waals surface area contributed by atoms with Gasteiger partial charge in [-0.15, -0.1) is 0 Å². The van der Waals surface area contributed by atoms with Crippen molar-refractivity contribution in [1.82, 2.24) is 15.1 Å². The van der Waals surface area contributed by atoms with Crippen LogP contribution in [-0.2, 0) is 4.79 Å². The molecule has 0 fully saturated rings. The lowest BCUT2D eigenvalue weighted by atomic mass is 10.1. The molecule has 6 heteroatoms. The molecule has 0 saturated carbocycles.